The summed E-state index contributed by atoms with van der Waals surface area (Å²) in [6.07, 6.45) is 3.51. The number of carbonyl (C=O) groups is 2. The van der Waals surface area contributed by atoms with E-state index in [4.69, 9.17) is 14.2 Å². The molecule has 5 nitrogen and oxygen atoms in total. The van der Waals surface area contributed by atoms with Gasteiger partial charge in [-0.1, -0.05) is 18.2 Å². The third-order valence-electron chi connectivity index (χ3n) is 3.08. The molecule has 2 aromatic carbocycles. The fourth-order valence-electron chi connectivity index (χ4n) is 1.93. The van der Waals surface area contributed by atoms with Crippen LogP contribution in [-0.2, 0) is 4.79 Å². The summed E-state index contributed by atoms with van der Waals surface area (Å²) in [6, 6.07) is 11.8. The van der Waals surface area contributed by atoms with Gasteiger partial charge in [0.2, 0.25) is 0 Å². The Bertz CT molecular complexity index is 734. The van der Waals surface area contributed by atoms with Gasteiger partial charge in [0.05, 0.1) is 19.8 Å². The van der Waals surface area contributed by atoms with Crippen LogP contribution < -0.4 is 14.2 Å². The molecule has 0 spiro atoms. The molecular weight excluding hydrogens is 296 g/mol. The van der Waals surface area contributed by atoms with E-state index in [9.17, 15) is 9.59 Å². The molecule has 5 heteroatoms. The van der Waals surface area contributed by atoms with Gasteiger partial charge in [-0.2, -0.15) is 0 Å². The number of aldehydes is 1. The van der Waals surface area contributed by atoms with Crippen LogP contribution in [0.25, 0.3) is 6.08 Å². The lowest BCUT2D eigenvalue weighted by Gasteiger charge is -2.07. The number of methoxy groups -OCH3 is 2. The molecule has 0 saturated heterocycles. The third kappa shape index (κ3) is 4.20. The molecule has 0 radical (unpaired) electrons. The van der Waals surface area contributed by atoms with Crippen molar-refractivity contribution in [1.29, 1.82) is 0 Å². The van der Waals surface area contributed by atoms with Gasteiger partial charge in [0, 0.05) is 6.08 Å². The average molecular weight is 312 g/mol. The minimum absolute atomic E-state index is 0.226. The summed E-state index contributed by atoms with van der Waals surface area (Å²) in [7, 11) is 3.09. The fourth-order valence-corrected chi connectivity index (χ4v) is 1.93. The van der Waals surface area contributed by atoms with Crippen molar-refractivity contribution in [1.82, 2.24) is 0 Å². The highest BCUT2D eigenvalue weighted by Gasteiger charge is 2.06. The summed E-state index contributed by atoms with van der Waals surface area (Å²) >= 11 is 0. The Morgan fingerprint density at radius 2 is 1.70 bits per heavy atom. The maximum atomic E-state index is 11.9. The Hall–Kier alpha value is -3.08. The van der Waals surface area contributed by atoms with E-state index in [1.54, 1.807) is 55.7 Å². The third-order valence-corrected chi connectivity index (χ3v) is 3.08. The maximum Gasteiger partial charge on any atom is 0.336 e. The zero-order chi connectivity index (χ0) is 16.7. The first-order chi connectivity index (χ1) is 11.2. The van der Waals surface area contributed by atoms with Gasteiger partial charge in [-0.15, -0.1) is 0 Å². The van der Waals surface area contributed by atoms with Crippen molar-refractivity contribution in [2.75, 3.05) is 14.2 Å². The number of benzene rings is 2. The minimum atomic E-state index is -0.575. The topological polar surface area (TPSA) is 61.8 Å². The van der Waals surface area contributed by atoms with E-state index in [0.29, 0.717) is 23.3 Å². The Labute approximate surface area is 134 Å². The molecule has 0 aliphatic rings. The molecule has 0 N–H and O–H groups in total. The number of carbonyl (C=O) groups excluding carboxylic acids is 2. The van der Waals surface area contributed by atoms with E-state index >= 15 is 0 Å². The molecule has 0 atom stereocenters. The number of para-hydroxylation sites is 1. The molecule has 0 aromatic heterocycles. The van der Waals surface area contributed by atoms with E-state index < -0.39 is 5.97 Å². The van der Waals surface area contributed by atoms with Crippen molar-refractivity contribution in [3.05, 3.63) is 59.7 Å². The predicted molar refractivity (Wildman–Crippen MR) is 86.0 cm³/mol. The highest BCUT2D eigenvalue weighted by Crippen LogP contribution is 2.28. The van der Waals surface area contributed by atoms with Crippen LogP contribution >= 0.6 is 0 Å². The summed E-state index contributed by atoms with van der Waals surface area (Å²) in [6.45, 7) is 0. The van der Waals surface area contributed by atoms with Crippen LogP contribution in [0.15, 0.2) is 48.5 Å². The number of esters is 1. The first kappa shape index (κ1) is 16.3. The van der Waals surface area contributed by atoms with Crippen molar-refractivity contribution < 1.29 is 23.8 Å². The summed E-state index contributed by atoms with van der Waals surface area (Å²) in [5.74, 6) is 0.819. The lowest BCUT2D eigenvalue weighted by Crippen LogP contribution is -2.05. The quantitative estimate of drug-likeness (QED) is 0.355. The van der Waals surface area contributed by atoms with E-state index in [-0.39, 0.29) is 5.75 Å². The first-order valence-electron chi connectivity index (χ1n) is 6.84. The highest BCUT2D eigenvalue weighted by molar-refractivity contribution is 5.90. The lowest BCUT2D eigenvalue weighted by molar-refractivity contribution is -0.128. The molecule has 0 amide bonds. The van der Waals surface area contributed by atoms with Crippen LogP contribution in [0.1, 0.15) is 15.9 Å². The molecule has 118 valence electrons. The van der Waals surface area contributed by atoms with Crippen molar-refractivity contribution >= 4 is 18.3 Å². The van der Waals surface area contributed by atoms with Crippen LogP contribution in [0.3, 0.4) is 0 Å². The maximum absolute atomic E-state index is 11.9. The molecule has 0 bridgehead atoms. The fraction of sp³-hybridized carbons (Fsp3) is 0.111. The zero-order valence-corrected chi connectivity index (χ0v) is 12.8. The first-order valence-corrected chi connectivity index (χ1v) is 6.84. The van der Waals surface area contributed by atoms with Gasteiger partial charge in [-0.05, 0) is 35.9 Å². The SMILES string of the molecule is COc1ccc(C=CC(=O)Oc2ccccc2C=O)cc1OC. The molecule has 0 heterocycles. The molecule has 0 aliphatic heterocycles. The Morgan fingerprint density at radius 1 is 0.957 bits per heavy atom. The second-order valence-corrected chi connectivity index (χ2v) is 4.52. The minimum Gasteiger partial charge on any atom is -0.493 e. The van der Waals surface area contributed by atoms with Gasteiger partial charge in [0.1, 0.15) is 5.75 Å². The standard InChI is InChI=1S/C18H16O5/c1-21-16-9-7-13(11-17(16)22-2)8-10-18(20)23-15-6-4-3-5-14(15)12-19/h3-12H,1-2H3. The normalized spacial score (nSPS) is 10.3. The highest BCUT2D eigenvalue weighted by atomic mass is 16.5. The van der Waals surface area contributed by atoms with Gasteiger partial charge in [0.15, 0.2) is 17.8 Å². The smallest absolute Gasteiger partial charge is 0.336 e. The van der Waals surface area contributed by atoms with Gasteiger partial charge in [0.25, 0.3) is 0 Å². The predicted octanol–water partition coefficient (Wildman–Crippen LogP) is 3.14. The Balaban J connectivity index is 2.10. The van der Waals surface area contributed by atoms with Gasteiger partial charge in [-0.3, -0.25) is 4.79 Å². The van der Waals surface area contributed by atoms with E-state index in [0.717, 1.165) is 5.56 Å². The van der Waals surface area contributed by atoms with Gasteiger partial charge < -0.3 is 14.2 Å². The second kappa shape index (κ2) is 7.79. The van der Waals surface area contributed by atoms with Crippen molar-refractivity contribution in [2.24, 2.45) is 0 Å². The Morgan fingerprint density at radius 3 is 2.39 bits per heavy atom. The van der Waals surface area contributed by atoms with Crippen LogP contribution in [-0.4, -0.2) is 26.5 Å². The monoisotopic (exact) mass is 312 g/mol. The summed E-state index contributed by atoms with van der Waals surface area (Å²) in [5.41, 5.74) is 1.07. The van der Waals surface area contributed by atoms with E-state index in [1.165, 1.54) is 13.2 Å². The molecule has 2 aromatic rings. The molecule has 23 heavy (non-hydrogen) atoms. The summed E-state index contributed by atoms with van der Waals surface area (Å²) < 4.78 is 15.5. The molecule has 0 saturated carbocycles. The molecular formula is C18H16O5. The number of hydrogen-bond acceptors (Lipinski definition) is 5. The largest absolute Gasteiger partial charge is 0.493 e. The molecule has 0 fully saturated rings. The lowest BCUT2D eigenvalue weighted by atomic mass is 10.2. The van der Waals surface area contributed by atoms with Gasteiger partial charge >= 0.3 is 5.97 Å². The second-order valence-electron chi connectivity index (χ2n) is 4.52. The molecule has 0 unspecified atom stereocenters. The van der Waals surface area contributed by atoms with Crippen molar-refractivity contribution in [2.45, 2.75) is 0 Å². The summed E-state index contributed by atoms with van der Waals surface area (Å²) in [4.78, 5) is 22.7. The van der Waals surface area contributed by atoms with E-state index in [2.05, 4.69) is 0 Å². The van der Waals surface area contributed by atoms with Crippen molar-refractivity contribution in [3.8, 4) is 17.2 Å². The van der Waals surface area contributed by atoms with Crippen LogP contribution in [0.2, 0.25) is 0 Å². The van der Waals surface area contributed by atoms with E-state index in [1.807, 2.05) is 0 Å². The van der Waals surface area contributed by atoms with Gasteiger partial charge in [-0.25, -0.2) is 4.79 Å². The zero-order valence-electron chi connectivity index (χ0n) is 12.8. The number of rotatable bonds is 6. The van der Waals surface area contributed by atoms with Crippen LogP contribution in [0, 0.1) is 0 Å². The number of ether oxygens (including phenoxy) is 3. The molecule has 2 rings (SSSR count). The number of hydrogen-bond donors (Lipinski definition) is 0. The van der Waals surface area contributed by atoms with Crippen molar-refractivity contribution in [3.63, 3.8) is 0 Å². The molecule has 0 aliphatic carbocycles. The summed E-state index contributed by atoms with van der Waals surface area (Å²) in [5, 5.41) is 0. The van der Waals surface area contributed by atoms with Crippen LogP contribution in [0.5, 0.6) is 17.2 Å². The average Bonchev–Trinajstić information content (AvgIpc) is 2.60. The van der Waals surface area contributed by atoms with Crippen LogP contribution in [0.4, 0.5) is 0 Å². The Kier molecular flexibility index (Phi) is 5.52.